The van der Waals surface area contributed by atoms with Gasteiger partial charge in [0.2, 0.25) is 0 Å². The Morgan fingerprint density at radius 3 is 1.46 bits per heavy atom. The minimum atomic E-state index is -0.464. The van der Waals surface area contributed by atoms with Crippen LogP contribution in [0.4, 0.5) is 0 Å². The number of esters is 2. The van der Waals surface area contributed by atoms with Gasteiger partial charge >= 0.3 is 41.5 Å². The van der Waals surface area contributed by atoms with Crippen molar-refractivity contribution in [1.82, 2.24) is 0 Å². The van der Waals surface area contributed by atoms with Crippen LogP contribution in [0.1, 0.15) is 55.4 Å². The summed E-state index contributed by atoms with van der Waals surface area (Å²) < 4.78 is 9.88. The van der Waals surface area contributed by atoms with Gasteiger partial charge < -0.3 is 27.8 Å². The minimum absolute atomic E-state index is 0. The third-order valence-corrected chi connectivity index (χ3v) is 2.59. The fraction of sp³-hybridized carbons (Fsp3) is 0.750. The molecule has 6 nitrogen and oxygen atoms in total. The van der Waals surface area contributed by atoms with Crippen LogP contribution in [0.15, 0.2) is 0 Å². The summed E-state index contributed by atoms with van der Waals surface area (Å²) in [4.78, 5) is 40.7. The summed E-state index contributed by atoms with van der Waals surface area (Å²) in [5.74, 6) is -0.461. The van der Waals surface area contributed by atoms with Crippen molar-refractivity contribution in [3.63, 3.8) is 0 Å². The summed E-state index contributed by atoms with van der Waals surface area (Å²) in [6.45, 7) is 13.7. The van der Waals surface area contributed by atoms with Crippen LogP contribution < -0.4 is 29.6 Å². The fourth-order valence-electron chi connectivity index (χ4n) is 0.900. The summed E-state index contributed by atoms with van der Waals surface area (Å²) in [6.07, 6.45) is 1.50. The van der Waals surface area contributed by atoms with Crippen LogP contribution in [0.3, 0.4) is 0 Å². The van der Waals surface area contributed by atoms with Crippen molar-refractivity contribution in [2.24, 2.45) is 0 Å². The molecule has 10 heteroatoms. The van der Waals surface area contributed by atoms with Gasteiger partial charge in [0.1, 0.15) is 16.5 Å². The van der Waals surface area contributed by atoms with Gasteiger partial charge in [-0.15, -0.1) is 0 Å². The maximum absolute atomic E-state index is 11.0. The molecule has 0 aromatic heterocycles. The molecule has 0 atom stereocenters. The van der Waals surface area contributed by atoms with E-state index >= 15 is 0 Å². The van der Waals surface area contributed by atoms with Crippen LogP contribution in [-0.2, 0) is 42.1 Å². The average molecular weight is 484 g/mol. The van der Waals surface area contributed by atoms with Crippen molar-refractivity contribution in [2.45, 2.75) is 66.6 Å². The molecule has 0 aliphatic rings. The largest absolute Gasteiger partial charge is 1.00 e. The van der Waals surface area contributed by atoms with Gasteiger partial charge in [-0.2, -0.15) is 6.92 Å². The van der Waals surface area contributed by atoms with Crippen LogP contribution in [0.5, 0.6) is 0 Å². The van der Waals surface area contributed by atoms with Crippen LogP contribution in [0.2, 0.25) is 0 Å². The van der Waals surface area contributed by atoms with E-state index in [1.54, 1.807) is 20.8 Å². The number of ether oxygens (including phenoxy) is 2. The maximum Gasteiger partial charge on any atom is 1.00 e. The Labute approximate surface area is 199 Å². The van der Waals surface area contributed by atoms with Crippen LogP contribution in [0.25, 0.3) is 0 Å². The number of hydrogen-bond donors (Lipinski definition) is 0. The number of alkyl halides is 1. The number of carbonyl (C=O) groups excluding carboxylic acids is 4. The molecular weight excluding hydrogens is 455 g/mol. The summed E-state index contributed by atoms with van der Waals surface area (Å²) in [5.41, 5.74) is -0.820. The van der Waals surface area contributed by atoms with Crippen LogP contribution in [-0.4, -0.2) is 45.6 Å². The van der Waals surface area contributed by atoms with E-state index in [2.05, 4.69) is 15.9 Å². The van der Waals surface area contributed by atoms with Crippen molar-refractivity contribution in [1.29, 1.82) is 0 Å². The number of hydrogen-bond acceptors (Lipinski definition) is 8. The summed E-state index contributed by atoms with van der Waals surface area (Å²) in [5, 5.41) is 0.199. The second-order valence-electron chi connectivity index (χ2n) is 6.29. The molecule has 0 radical (unpaired) electrons. The van der Waals surface area contributed by atoms with Crippen LogP contribution in [0, 0.1) is 0 Å². The standard InChI is InChI=1S/C8H14O3S.C6H11BrO2.C2H3O.Na.H2S/c1-6(9)12-5-7(10)11-8(2,3)4;1-6(2,3)9-5(8)4-7;1-2-3;;/h5H2,1-4H3;4H2,1-3H3;1H3;;1H2/q;;-1;+1;/p-1. The summed E-state index contributed by atoms with van der Waals surface area (Å²) >= 11 is 3.96. The van der Waals surface area contributed by atoms with E-state index in [-0.39, 0.29) is 76.8 Å². The predicted molar refractivity (Wildman–Crippen MR) is 109 cm³/mol. The van der Waals surface area contributed by atoms with Crippen molar-refractivity contribution < 1.29 is 58.2 Å². The Morgan fingerprint density at radius 2 is 1.27 bits per heavy atom. The predicted octanol–water partition coefficient (Wildman–Crippen LogP) is 0.181. The first-order valence-electron chi connectivity index (χ1n) is 7.10. The van der Waals surface area contributed by atoms with E-state index in [1.807, 2.05) is 20.8 Å². The average Bonchev–Trinajstić information content (AvgIpc) is 2.34. The van der Waals surface area contributed by atoms with E-state index < -0.39 is 5.60 Å². The van der Waals surface area contributed by atoms with Gasteiger partial charge in [0, 0.05) is 6.92 Å². The molecule has 0 rings (SSSR count). The molecule has 0 fully saturated rings. The molecule has 0 aromatic rings. The molecule has 0 aliphatic carbocycles. The Kier molecular flexibility index (Phi) is 28.9. The zero-order chi connectivity index (χ0) is 20.0. The molecule has 0 aliphatic heterocycles. The molecular formula is C16H29BrNaO6S2-. The molecule has 0 spiro atoms. The molecule has 0 unspecified atom stereocenters. The summed E-state index contributed by atoms with van der Waals surface area (Å²) in [7, 11) is 0. The number of thiol groups is 1. The SMILES string of the molecule is CC(=O)SCC(=O)OC(C)(C)C.CC(C)(C)OC(=O)CBr.C[C-]=O.[Na+].[SH-]. The van der Waals surface area contributed by atoms with E-state index in [0.29, 0.717) is 0 Å². The van der Waals surface area contributed by atoms with E-state index in [4.69, 9.17) is 14.3 Å². The zero-order valence-corrected chi connectivity index (χ0v) is 22.4. The Balaban J connectivity index is -0.0000000940. The quantitative estimate of drug-likeness (QED) is 0.140. The number of carbonyl (C=O) groups is 3. The van der Waals surface area contributed by atoms with Gasteiger partial charge in [0.15, 0.2) is 5.12 Å². The third-order valence-electron chi connectivity index (χ3n) is 1.34. The number of rotatable bonds is 3. The first-order valence-corrected chi connectivity index (χ1v) is 9.21. The Bertz CT molecular complexity index is 407. The number of halogens is 1. The van der Waals surface area contributed by atoms with Gasteiger partial charge in [-0.3, -0.25) is 20.7 Å². The minimum Gasteiger partial charge on any atom is -0.813 e. The van der Waals surface area contributed by atoms with Crippen molar-refractivity contribution in [3.05, 3.63) is 0 Å². The molecule has 0 saturated heterocycles. The van der Waals surface area contributed by atoms with Crippen molar-refractivity contribution in [3.8, 4) is 0 Å². The Morgan fingerprint density at radius 1 is 0.962 bits per heavy atom. The van der Waals surface area contributed by atoms with Gasteiger partial charge in [-0.25, -0.2) is 0 Å². The fourth-order valence-corrected chi connectivity index (χ4v) is 1.39. The van der Waals surface area contributed by atoms with Gasteiger partial charge in [-0.05, 0) is 41.5 Å². The normalized spacial score (nSPS) is 9.42. The second-order valence-corrected chi connectivity index (χ2v) is 8.00. The molecule has 0 bridgehead atoms. The van der Waals surface area contributed by atoms with Crippen molar-refractivity contribution >= 4 is 64.5 Å². The van der Waals surface area contributed by atoms with E-state index in [9.17, 15) is 14.4 Å². The number of thioether (sulfide) groups is 1. The molecule has 0 N–H and O–H groups in total. The van der Waals surface area contributed by atoms with Crippen molar-refractivity contribution in [2.75, 3.05) is 11.1 Å². The second kappa shape index (κ2) is 20.2. The van der Waals surface area contributed by atoms with Gasteiger partial charge in [0.05, 0.1) is 5.75 Å². The first-order chi connectivity index (χ1) is 10.7. The van der Waals surface area contributed by atoms with Gasteiger partial charge in [0.25, 0.3) is 0 Å². The smallest absolute Gasteiger partial charge is 0.813 e. The monoisotopic (exact) mass is 483 g/mol. The molecule has 0 saturated carbocycles. The molecule has 0 aromatic carbocycles. The topological polar surface area (TPSA) is 86.7 Å². The molecule has 0 amide bonds. The maximum atomic E-state index is 11.0. The van der Waals surface area contributed by atoms with Gasteiger partial charge in [-0.1, -0.05) is 27.7 Å². The van der Waals surface area contributed by atoms with Crippen LogP contribution >= 0.6 is 27.7 Å². The Hall–Kier alpha value is 0.460. The molecule has 26 heavy (non-hydrogen) atoms. The van der Waals surface area contributed by atoms with E-state index in [1.165, 1.54) is 20.1 Å². The zero-order valence-electron chi connectivity index (χ0n) is 17.1. The summed E-state index contributed by atoms with van der Waals surface area (Å²) in [6, 6.07) is 0. The third kappa shape index (κ3) is 44.2. The van der Waals surface area contributed by atoms with E-state index in [0.717, 1.165) is 11.8 Å². The molecule has 0 heterocycles. The molecule has 150 valence electrons. The first kappa shape index (κ1) is 37.2.